The van der Waals surface area contributed by atoms with Gasteiger partial charge in [0.1, 0.15) is 11.6 Å². The summed E-state index contributed by atoms with van der Waals surface area (Å²) >= 11 is 1.54. The minimum absolute atomic E-state index is 0.635. The molecule has 110 valence electrons. The van der Waals surface area contributed by atoms with Crippen LogP contribution < -0.4 is 15.5 Å². The molecule has 4 rings (SSSR count). The molecule has 0 spiro atoms. The fourth-order valence-corrected chi connectivity index (χ4v) is 3.37. The summed E-state index contributed by atoms with van der Waals surface area (Å²) in [6.45, 7) is 3.83. The number of pyridine rings is 1. The lowest BCUT2D eigenvalue weighted by atomic mass is 10.3. The van der Waals surface area contributed by atoms with Crippen LogP contribution in [-0.4, -0.2) is 40.5 Å². The van der Waals surface area contributed by atoms with Gasteiger partial charge in [0.15, 0.2) is 0 Å². The molecule has 2 aliphatic rings. The fraction of sp³-hybridized carbons (Fsp3) is 0.500. The molecule has 2 aromatic heterocycles. The number of piperazine rings is 1. The first-order valence-electron chi connectivity index (χ1n) is 7.34. The van der Waals surface area contributed by atoms with Crippen LogP contribution in [-0.2, 0) is 0 Å². The molecule has 1 aliphatic carbocycles. The second-order valence-electron chi connectivity index (χ2n) is 5.63. The Morgan fingerprint density at radius 1 is 1.10 bits per heavy atom. The first kappa shape index (κ1) is 12.8. The van der Waals surface area contributed by atoms with Gasteiger partial charge in [-0.3, -0.25) is 0 Å². The van der Waals surface area contributed by atoms with Gasteiger partial charge in [0, 0.05) is 43.6 Å². The summed E-state index contributed by atoms with van der Waals surface area (Å²) in [5.74, 6) is 2.69. The van der Waals surface area contributed by atoms with Gasteiger partial charge in [-0.1, -0.05) is 0 Å². The molecule has 1 saturated heterocycles. The lowest BCUT2D eigenvalue weighted by Gasteiger charge is -2.35. The van der Waals surface area contributed by atoms with Gasteiger partial charge in [0.25, 0.3) is 0 Å². The molecule has 0 aromatic carbocycles. The van der Waals surface area contributed by atoms with Gasteiger partial charge in [0.2, 0.25) is 5.13 Å². The van der Waals surface area contributed by atoms with Crippen LogP contribution in [0.4, 0.5) is 16.6 Å². The monoisotopic (exact) mass is 302 g/mol. The maximum absolute atomic E-state index is 5.68. The highest BCUT2D eigenvalue weighted by Crippen LogP contribution is 2.39. The topological polar surface area (TPSA) is 71.2 Å². The van der Waals surface area contributed by atoms with Crippen molar-refractivity contribution in [2.24, 2.45) is 0 Å². The minimum Gasteiger partial charge on any atom is -0.397 e. The van der Waals surface area contributed by atoms with Gasteiger partial charge in [-0.2, -0.15) is 4.37 Å². The van der Waals surface area contributed by atoms with E-state index in [4.69, 9.17) is 5.73 Å². The zero-order valence-corrected chi connectivity index (χ0v) is 12.6. The van der Waals surface area contributed by atoms with Crippen LogP contribution in [0, 0.1) is 0 Å². The fourth-order valence-electron chi connectivity index (χ4n) is 2.57. The smallest absolute Gasteiger partial charge is 0.205 e. The van der Waals surface area contributed by atoms with Crippen molar-refractivity contribution in [2.75, 3.05) is 41.7 Å². The summed E-state index contributed by atoms with van der Waals surface area (Å²) < 4.78 is 4.49. The molecule has 21 heavy (non-hydrogen) atoms. The highest BCUT2D eigenvalue weighted by atomic mass is 32.1. The number of hydrogen-bond donors (Lipinski definition) is 1. The van der Waals surface area contributed by atoms with Gasteiger partial charge in [0.05, 0.1) is 11.9 Å². The van der Waals surface area contributed by atoms with Gasteiger partial charge in [-0.25, -0.2) is 9.97 Å². The first-order chi connectivity index (χ1) is 10.3. The number of nitrogens with two attached hydrogens (primary N) is 1. The van der Waals surface area contributed by atoms with Crippen LogP contribution in [0.3, 0.4) is 0 Å². The standard InChI is InChI=1S/C14H18N6S/c15-11-3-4-12(16-9-11)19-5-7-20(8-6-19)14-17-13(18-21-14)10-1-2-10/h3-4,9-10H,1-2,5-8,15H2. The first-order valence-corrected chi connectivity index (χ1v) is 8.12. The average Bonchev–Trinajstić information content (AvgIpc) is 3.26. The Hall–Kier alpha value is -1.89. The van der Waals surface area contributed by atoms with E-state index in [-0.39, 0.29) is 0 Å². The molecule has 0 bridgehead atoms. The molecule has 0 amide bonds. The minimum atomic E-state index is 0.635. The molecule has 6 nitrogen and oxygen atoms in total. The van der Waals surface area contributed by atoms with Gasteiger partial charge in [-0.15, -0.1) is 0 Å². The molecular formula is C14H18N6S. The Kier molecular flexibility index (Phi) is 3.14. The van der Waals surface area contributed by atoms with Crippen LogP contribution in [0.15, 0.2) is 18.3 Å². The van der Waals surface area contributed by atoms with Crippen molar-refractivity contribution in [3.05, 3.63) is 24.2 Å². The summed E-state index contributed by atoms with van der Waals surface area (Å²) in [7, 11) is 0. The number of hydrogen-bond acceptors (Lipinski definition) is 7. The molecule has 7 heteroatoms. The Morgan fingerprint density at radius 3 is 2.52 bits per heavy atom. The normalized spacial score (nSPS) is 19.0. The number of aromatic nitrogens is 3. The van der Waals surface area contributed by atoms with Crippen molar-refractivity contribution in [1.82, 2.24) is 14.3 Å². The maximum Gasteiger partial charge on any atom is 0.205 e. The van der Waals surface area contributed by atoms with Crippen molar-refractivity contribution in [3.63, 3.8) is 0 Å². The van der Waals surface area contributed by atoms with E-state index in [1.807, 2.05) is 12.1 Å². The lowest BCUT2D eigenvalue weighted by Crippen LogP contribution is -2.46. The predicted octanol–water partition coefficient (Wildman–Crippen LogP) is 1.72. The summed E-state index contributed by atoms with van der Waals surface area (Å²) in [4.78, 5) is 13.7. The number of rotatable bonds is 3. The molecular weight excluding hydrogens is 284 g/mol. The largest absolute Gasteiger partial charge is 0.397 e. The average molecular weight is 302 g/mol. The Balaban J connectivity index is 1.40. The number of nitrogens with zero attached hydrogens (tertiary/aromatic N) is 5. The summed E-state index contributed by atoms with van der Waals surface area (Å²) in [6, 6.07) is 3.89. The molecule has 3 heterocycles. The predicted molar refractivity (Wildman–Crippen MR) is 85.0 cm³/mol. The van der Waals surface area contributed by atoms with E-state index in [1.54, 1.807) is 6.20 Å². The zero-order valence-electron chi connectivity index (χ0n) is 11.8. The Labute approximate surface area is 127 Å². The van der Waals surface area contributed by atoms with E-state index in [9.17, 15) is 0 Å². The quantitative estimate of drug-likeness (QED) is 0.931. The van der Waals surface area contributed by atoms with Crippen LogP contribution >= 0.6 is 11.5 Å². The second kappa shape index (κ2) is 5.14. The van der Waals surface area contributed by atoms with E-state index in [0.29, 0.717) is 11.6 Å². The van der Waals surface area contributed by atoms with Crippen molar-refractivity contribution in [1.29, 1.82) is 0 Å². The van der Waals surface area contributed by atoms with Gasteiger partial charge < -0.3 is 15.5 Å². The summed E-state index contributed by atoms with van der Waals surface area (Å²) in [5, 5.41) is 1.07. The molecule has 2 fully saturated rings. The molecule has 0 radical (unpaired) electrons. The second-order valence-corrected chi connectivity index (χ2v) is 6.36. The molecule has 0 atom stereocenters. The maximum atomic E-state index is 5.68. The van der Waals surface area contributed by atoms with Crippen molar-refractivity contribution < 1.29 is 0 Å². The van der Waals surface area contributed by atoms with E-state index in [1.165, 1.54) is 24.4 Å². The molecule has 2 N–H and O–H groups in total. The van der Waals surface area contributed by atoms with Crippen LogP contribution in [0.5, 0.6) is 0 Å². The third-order valence-electron chi connectivity index (χ3n) is 4.02. The number of nitrogen functional groups attached to an aromatic ring is 1. The van der Waals surface area contributed by atoms with Crippen LogP contribution in [0.25, 0.3) is 0 Å². The molecule has 0 unspecified atom stereocenters. The molecule has 1 saturated carbocycles. The third-order valence-corrected chi connectivity index (χ3v) is 4.81. The molecule has 2 aromatic rings. The van der Waals surface area contributed by atoms with E-state index in [0.717, 1.165) is 43.0 Å². The van der Waals surface area contributed by atoms with Crippen molar-refractivity contribution in [2.45, 2.75) is 18.8 Å². The Bertz CT molecular complexity index is 613. The van der Waals surface area contributed by atoms with Gasteiger partial charge >= 0.3 is 0 Å². The van der Waals surface area contributed by atoms with Crippen LogP contribution in [0.1, 0.15) is 24.6 Å². The van der Waals surface area contributed by atoms with Crippen LogP contribution in [0.2, 0.25) is 0 Å². The third kappa shape index (κ3) is 2.65. The highest BCUT2D eigenvalue weighted by Gasteiger charge is 2.29. The van der Waals surface area contributed by atoms with E-state index in [2.05, 4.69) is 24.1 Å². The Morgan fingerprint density at radius 2 is 1.86 bits per heavy atom. The van der Waals surface area contributed by atoms with Crippen molar-refractivity contribution in [3.8, 4) is 0 Å². The summed E-state index contributed by atoms with van der Waals surface area (Å²) in [6.07, 6.45) is 4.23. The SMILES string of the molecule is Nc1ccc(N2CCN(c3nc(C4CC4)ns3)CC2)nc1. The summed E-state index contributed by atoms with van der Waals surface area (Å²) in [5.41, 5.74) is 6.39. The highest BCUT2D eigenvalue weighted by molar-refractivity contribution is 7.09. The lowest BCUT2D eigenvalue weighted by molar-refractivity contribution is 0.645. The zero-order chi connectivity index (χ0) is 14.2. The van der Waals surface area contributed by atoms with E-state index >= 15 is 0 Å². The number of anilines is 3. The van der Waals surface area contributed by atoms with Gasteiger partial charge in [-0.05, 0) is 25.0 Å². The van der Waals surface area contributed by atoms with E-state index < -0.39 is 0 Å². The molecule has 1 aliphatic heterocycles. The van der Waals surface area contributed by atoms with Crippen molar-refractivity contribution >= 4 is 28.2 Å².